The zero-order chi connectivity index (χ0) is 12.1. The van der Waals surface area contributed by atoms with Gasteiger partial charge in [-0.05, 0) is 19.1 Å². The Balaban J connectivity index is 2.59. The number of imide groups is 1. The lowest BCUT2D eigenvalue weighted by Gasteiger charge is -2.07. The van der Waals surface area contributed by atoms with Crippen LogP contribution in [-0.2, 0) is 4.79 Å². The van der Waals surface area contributed by atoms with Crippen molar-refractivity contribution in [3.8, 4) is 0 Å². The van der Waals surface area contributed by atoms with E-state index in [4.69, 9.17) is 11.6 Å². The largest absolute Gasteiger partial charge is 0.326 e. The van der Waals surface area contributed by atoms with Crippen LogP contribution in [0, 0.1) is 5.82 Å². The van der Waals surface area contributed by atoms with Crippen LogP contribution in [0.3, 0.4) is 0 Å². The summed E-state index contributed by atoms with van der Waals surface area (Å²) in [4.78, 5) is 22.2. The Hall–Kier alpha value is -1.62. The van der Waals surface area contributed by atoms with Gasteiger partial charge >= 0.3 is 6.03 Å². The molecule has 0 aliphatic rings. The summed E-state index contributed by atoms with van der Waals surface area (Å²) in [7, 11) is 0. The molecule has 0 heterocycles. The lowest BCUT2D eigenvalue weighted by molar-refractivity contribution is -0.119. The highest BCUT2D eigenvalue weighted by Crippen LogP contribution is 2.11. The number of amides is 3. The second-order valence-corrected chi connectivity index (χ2v) is 3.69. The molecule has 86 valence electrons. The van der Waals surface area contributed by atoms with Crippen molar-refractivity contribution in [1.29, 1.82) is 0 Å². The maximum Gasteiger partial charge on any atom is 0.326 e. The first kappa shape index (κ1) is 12.4. The molecule has 0 spiro atoms. The number of halogens is 2. The molecule has 1 aromatic rings. The van der Waals surface area contributed by atoms with E-state index in [1.165, 1.54) is 25.1 Å². The number of benzene rings is 1. The van der Waals surface area contributed by atoms with Gasteiger partial charge in [0, 0.05) is 0 Å². The number of urea groups is 1. The standard InChI is InChI=1S/C10H10ClFN2O2/c1-6(11)9(15)14-10(16)13-8-5-3-2-4-7(8)12/h2-6H,1H3,(H2,13,14,15,16)/t6-/m1/s1. The van der Waals surface area contributed by atoms with Crippen LogP contribution >= 0.6 is 11.6 Å². The second kappa shape index (κ2) is 5.46. The molecule has 4 nitrogen and oxygen atoms in total. The van der Waals surface area contributed by atoms with Crippen LogP contribution < -0.4 is 10.6 Å². The van der Waals surface area contributed by atoms with Gasteiger partial charge in [-0.15, -0.1) is 11.6 Å². The van der Waals surface area contributed by atoms with Gasteiger partial charge in [-0.1, -0.05) is 12.1 Å². The molecule has 0 aliphatic carbocycles. The Bertz CT molecular complexity index is 410. The van der Waals surface area contributed by atoms with Crippen molar-refractivity contribution >= 4 is 29.2 Å². The summed E-state index contributed by atoms with van der Waals surface area (Å²) in [6.45, 7) is 1.42. The van der Waals surface area contributed by atoms with E-state index in [1.807, 2.05) is 5.32 Å². The van der Waals surface area contributed by atoms with Gasteiger partial charge in [0.05, 0.1) is 5.69 Å². The third-order valence-corrected chi connectivity index (χ3v) is 1.92. The minimum absolute atomic E-state index is 0.00461. The molecule has 0 bridgehead atoms. The van der Waals surface area contributed by atoms with Gasteiger partial charge in [0.25, 0.3) is 0 Å². The van der Waals surface area contributed by atoms with Crippen LogP contribution in [0.25, 0.3) is 0 Å². The van der Waals surface area contributed by atoms with E-state index in [0.29, 0.717) is 0 Å². The summed E-state index contributed by atoms with van der Waals surface area (Å²) in [5.74, 6) is -1.22. The fraction of sp³-hybridized carbons (Fsp3) is 0.200. The number of hydrogen-bond acceptors (Lipinski definition) is 2. The molecule has 0 unspecified atom stereocenters. The molecular weight excluding hydrogens is 235 g/mol. The number of carbonyl (C=O) groups excluding carboxylic acids is 2. The molecule has 1 aromatic carbocycles. The number of para-hydroxylation sites is 1. The van der Waals surface area contributed by atoms with Crippen molar-refractivity contribution in [3.05, 3.63) is 30.1 Å². The summed E-state index contributed by atoms with van der Waals surface area (Å²) < 4.78 is 13.1. The predicted octanol–water partition coefficient (Wildman–Crippen LogP) is 2.10. The molecule has 1 rings (SSSR count). The molecule has 0 saturated carbocycles. The normalized spacial score (nSPS) is 11.7. The van der Waals surface area contributed by atoms with Crippen molar-refractivity contribution < 1.29 is 14.0 Å². The van der Waals surface area contributed by atoms with Crippen molar-refractivity contribution in [2.24, 2.45) is 0 Å². The Labute approximate surface area is 96.8 Å². The Morgan fingerprint density at radius 3 is 2.56 bits per heavy atom. The molecule has 2 N–H and O–H groups in total. The van der Waals surface area contributed by atoms with E-state index in [-0.39, 0.29) is 5.69 Å². The van der Waals surface area contributed by atoms with Crippen molar-refractivity contribution in [2.75, 3.05) is 5.32 Å². The molecule has 16 heavy (non-hydrogen) atoms. The highest BCUT2D eigenvalue weighted by molar-refractivity contribution is 6.31. The number of alkyl halides is 1. The van der Waals surface area contributed by atoms with E-state index in [0.717, 1.165) is 0 Å². The monoisotopic (exact) mass is 244 g/mol. The Morgan fingerprint density at radius 1 is 1.38 bits per heavy atom. The molecule has 3 amide bonds. The fourth-order valence-electron chi connectivity index (χ4n) is 0.927. The number of hydrogen-bond donors (Lipinski definition) is 2. The van der Waals surface area contributed by atoms with Crippen molar-refractivity contribution in [2.45, 2.75) is 12.3 Å². The third kappa shape index (κ3) is 3.51. The SMILES string of the molecule is C[C@@H](Cl)C(=O)NC(=O)Nc1ccccc1F. The number of rotatable bonds is 2. The smallest absolute Gasteiger partial charge is 0.305 e. The van der Waals surface area contributed by atoms with E-state index in [9.17, 15) is 14.0 Å². The molecule has 6 heteroatoms. The lowest BCUT2D eigenvalue weighted by Crippen LogP contribution is -2.38. The van der Waals surface area contributed by atoms with E-state index in [2.05, 4.69) is 5.32 Å². The summed E-state index contributed by atoms with van der Waals surface area (Å²) >= 11 is 5.44. The van der Waals surface area contributed by atoms with Gasteiger partial charge in [-0.2, -0.15) is 0 Å². The average molecular weight is 245 g/mol. The first-order valence-corrected chi connectivity index (χ1v) is 4.95. The summed E-state index contributed by atoms with van der Waals surface area (Å²) in [6, 6.07) is 4.81. The van der Waals surface area contributed by atoms with Crippen LogP contribution in [0.15, 0.2) is 24.3 Å². The number of nitrogens with one attached hydrogen (secondary N) is 2. The molecule has 0 fully saturated rings. The second-order valence-electron chi connectivity index (χ2n) is 3.04. The van der Waals surface area contributed by atoms with Crippen LogP contribution in [-0.4, -0.2) is 17.3 Å². The van der Waals surface area contributed by atoms with Gasteiger partial charge in [0.2, 0.25) is 5.91 Å². The van der Waals surface area contributed by atoms with Crippen molar-refractivity contribution in [1.82, 2.24) is 5.32 Å². The quantitative estimate of drug-likeness (QED) is 0.783. The van der Waals surface area contributed by atoms with Crippen molar-refractivity contribution in [3.63, 3.8) is 0 Å². The van der Waals surface area contributed by atoms with Crippen LogP contribution in [0.1, 0.15) is 6.92 Å². The van der Waals surface area contributed by atoms with Crippen LogP contribution in [0.5, 0.6) is 0 Å². The minimum Gasteiger partial charge on any atom is -0.305 e. The van der Waals surface area contributed by atoms with Gasteiger partial charge < -0.3 is 5.32 Å². The lowest BCUT2D eigenvalue weighted by atomic mass is 10.3. The number of anilines is 1. The Kier molecular flexibility index (Phi) is 4.25. The fourth-order valence-corrected chi connectivity index (χ4v) is 0.982. The first-order chi connectivity index (χ1) is 7.50. The zero-order valence-corrected chi connectivity index (χ0v) is 9.22. The van der Waals surface area contributed by atoms with Crippen LogP contribution in [0.2, 0.25) is 0 Å². The van der Waals surface area contributed by atoms with Crippen LogP contribution in [0.4, 0.5) is 14.9 Å². The molecule has 0 saturated heterocycles. The van der Waals surface area contributed by atoms with Gasteiger partial charge in [-0.25, -0.2) is 9.18 Å². The van der Waals surface area contributed by atoms with Gasteiger partial charge in [0.15, 0.2) is 0 Å². The van der Waals surface area contributed by atoms with E-state index in [1.54, 1.807) is 6.07 Å². The molecule has 0 radical (unpaired) electrons. The average Bonchev–Trinajstić information content (AvgIpc) is 2.21. The number of carbonyl (C=O) groups is 2. The molecular formula is C10H10ClFN2O2. The summed E-state index contributed by atoms with van der Waals surface area (Å²) in [6.07, 6.45) is 0. The Morgan fingerprint density at radius 2 is 2.00 bits per heavy atom. The molecule has 0 aromatic heterocycles. The van der Waals surface area contributed by atoms with Gasteiger partial charge in [0.1, 0.15) is 11.2 Å². The summed E-state index contributed by atoms with van der Waals surface area (Å²) in [5.41, 5.74) is -0.00461. The third-order valence-electron chi connectivity index (χ3n) is 1.72. The van der Waals surface area contributed by atoms with E-state index < -0.39 is 23.1 Å². The van der Waals surface area contributed by atoms with Gasteiger partial charge in [-0.3, -0.25) is 10.1 Å². The molecule has 0 aliphatic heterocycles. The highest BCUT2D eigenvalue weighted by Gasteiger charge is 2.13. The first-order valence-electron chi connectivity index (χ1n) is 4.51. The van der Waals surface area contributed by atoms with E-state index >= 15 is 0 Å². The predicted molar refractivity (Wildman–Crippen MR) is 58.9 cm³/mol. The maximum absolute atomic E-state index is 13.1. The highest BCUT2D eigenvalue weighted by atomic mass is 35.5. The zero-order valence-electron chi connectivity index (χ0n) is 8.46. The minimum atomic E-state index is -0.827. The topological polar surface area (TPSA) is 58.2 Å². The summed E-state index contributed by atoms with van der Waals surface area (Å²) in [5, 5.41) is 3.33. The maximum atomic E-state index is 13.1. The molecule has 1 atom stereocenters.